The first-order valence-electron chi connectivity index (χ1n) is 11.6. The highest BCUT2D eigenvalue weighted by Gasteiger charge is 2.39. The van der Waals surface area contributed by atoms with Crippen molar-refractivity contribution < 1.29 is 27.5 Å². The van der Waals surface area contributed by atoms with Crippen LogP contribution in [0.2, 0.25) is 0 Å². The number of rotatable bonds is 7. The van der Waals surface area contributed by atoms with Crippen LogP contribution in [0.3, 0.4) is 0 Å². The molecule has 1 fully saturated rings. The molecule has 1 spiro atoms. The van der Waals surface area contributed by atoms with Crippen LogP contribution in [0, 0.1) is 5.41 Å². The first kappa shape index (κ1) is 24.4. The summed E-state index contributed by atoms with van der Waals surface area (Å²) in [6.07, 6.45) is 4.67. The molecule has 34 heavy (non-hydrogen) atoms. The molecule has 2 aliphatic rings. The van der Waals surface area contributed by atoms with E-state index in [1.807, 2.05) is 6.92 Å². The van der Waals surface area contributed by atoms with Gasteiger partial charge < -0.3 is 14.8 Å². The minimum atomic E-state index is -3.55. The van der Waals surface area contributed by atoms with Crippen molar-refractivity contribution in [3.8, 4) is 0 Å². The van der Waals surface area contributed by atoms with Crippen LogP contribution in [-0.4, -0.2) is 62.7 Å². The number of aromatic nitrogens is 2. The van der Waals surface area contributed by atoms with Crippen molar-refractivity contribution in [3.63, 3.8) is 0 Å². The number of ether oxygens (including phenoxy) is 2. The number of amides is 1. The molecule has 1 N–H and O–H groups in total. The summed E-state index contributed by atoms with van der Waals surface area (Å²) in [5, 5.41) is 7.80. The molecule has 0 radical (unpaired) electrons. The van der Waals surface area contributed by atoms with Crippen LogP contribution in [0.15, 0.2) is 29.2 Å². The van der Waals surface area contributed by atoms with Crippen molar-refractivity contribution in [1.82, 2.24) is 15.1 Å². The summed E-state index contributed by atoms with van der Waals surface area (Å²) < 4.78 is 36.6. The van der Waals surface area contributed by atoms with Gasteiger partial charge in [0.25, 0.3) is 5.91 Å². The fraction of sp³-hybridized carbons (Fsp3) is 0.542. The first-order valence-corrected chi connectivity index (χ1v) is 13.5. The van der Waals surface area contributed by atoms with Gasteiger partial charge >= 0.3 is 5.97 Å². The summed E-state index contributed by atoms with van der Waals surface area (Å²) in [7, 11) is -3.55. The number of nitrogens with zero attached hydrogens (tertiary/aromatic N) is 2. The number of fused-ring (bicyclic) bond motifs is 1. The number of esters is 1. The van der Waals surface area contributed by atoms with Crippen molar-refractivity contribution >= 4 is 21.7 Å². The van der Waals surface area contributed by atoms with E-state index in [0.29, 0.717) is 44.8 Å². The zero-order valence-electron chi connectivity index (χ0n) is 19.6. The van der Waals surface area contributed by atoms with E-state index in [1.54, 1.807) is 16.8 Å². The lowest BCUT2D eigenvalue weighted by Crippen LogP contribution is -2.40. The predicted molar refractivity (Wildman–Crippen MR) is 125 cm³/mol. The topological polar surface area (TPSA) is 117 Å². The number of aryl methyl sites for hydroxylation is 2. The molecule has 2 aromatic rings. The Morgan fingerprint density at radius 1 is 1.26 bits per heavy atom. The molecule has 10 heteroatoms. The maximum Gasteiger partial charge on any atom is 0.339 e. The molecule has 2 aliphatic heterocycles. The van der Waals surface area contributed by atoms with E-state index in [2.05, 4.69) is 5.32 Å². The summed E-state index contributed by atoms with van der Waals surface area (Å²) >= 11 is 0. The van der Waals surface area contributed by atoms with Gasteiger partial charge in [-0.1, -0.05) is 12.1 Å². The second kappa shape index (κ2) is 9.87. The van der Waals surface area contributed by atoms with Crippen LogP contribution < -0.4 is 5.32 Å². The van der Waals surface area contributed by atoms with Gasteiger partial charge in [-0.2, -0.15) is 5.10 Å². The smallest absolute Gasteiger partial charge is 0.339 e. The number of hydrogen-bond donors (Lipinski definition) is 1. The predicted octanol–water partition coefficient (Wildman–Crippen LogP) is 2.18. The minimum Gasteiger partial charge on any atom is -0.462 e. The normalized spacial score (nSPS) is 17.6. The first-order chi connectivity index (χ1) is 16.2. The van der Waals surface area contributed by atoms with Crippen LogP contribution in [-0.2, 0) is 38.7 Å². The summed E-state index contributed by atoms with van der Waals surface area (Å²) in [6.45, 7) is 4.67. The molecule has 9 nitrogen and oxygen atoms in total. The minimum absolute atomic E-state index is 0.0304. The molecule has 3 heterocycles. The Morgan fingerprint density at radius 2 is 2.00 bits per heavy atom. The SMILES string of the molecule is CCn1nc(CCCOC(=O)c2ccccc2S(C)(=O)=O)c2c1C(=O)NCC1(CCOCC1)C2. The lowest BCUT2D eigenvalue weighted by atomic mass is 9.75. The average molecular weight is 490 g/mol. The van der Waals surface area contributed by atoms with Crippen LogP contribution in [0.1, 0.15) is 58.3 Å². The molecular weight excluding hydrogens is 458 g/mol. The van der Waals surface area contributed by atoms with E-state index in [0.717, 1.165) is 36.8 Å². The lowest BCUT2D eigenvalue weighted by molar-refractivity contribution is 0.0160. The van der Waals surface area contributed by atoms with Gasteiger partial charge in [0.05, 0.1) is 22.8 Å². The van der Waals surface area contributed by atoms with Gasteiger partial charge in [-0.15, -0.1) is 0 Å². The Balaban J connectivity index is 1.47. The maximum atomic E-state index is 12.9. The highest BCUT2D eigenvalue weighted by Crippen LogP contribution is 2.37. The summed E-state index contributed by atoms with van der Waals surface area (Å²) in [4.78, 5) is 25.4. The van der Waals surface area contributed by atoms with Gasteiger partial charge in [0.2, 0.25) is 0 Å². The molecule has 0 aliphatic carbocycles. The van der Waals surface area contributed by atoms with Crippen molar-refractivity contribution in [2.24, 2.45) is 5.41 Å². The molecule has 184 valence electrons. The second-order valence-electron chi connectivity index (χ2n) is 9.07. The highest BCUT2D eigenvalue weighted by molar-refractivity contribution is 7.90. The monoisotopic (exact) mass is 489 g/mol. The van der Waals surface area contributed by atoms with Crippen molar-refractivity contribution in [3.05, 3.63) is 46.8 Å². The molecule has 0 atom stereocenters. The van der Waals surface area contributed by atoms with E-state index in [1.165, 1.54) is 12.1 Å². The van der Waals surface area contributed by atoms with Crippen LogP contribution in [0.25, 0.3) is 0 Å². The van der Waals surface area contributed by atoms with Gasteiger partial charge in [0, 0.05) is 38.1 Å². The van der Waals surface area contributed by atoms with Gasteiger partial charge in [-0.3, -0.25) is 9.48 Å². The highest BCUT2D eigenvalue weighted by atomic mass is 32.2. The number of benzene rings is 1. The standard InChI is InChI=1S/C24H31N3O6S/c1-3-27-21-18(15-24(16-25-22(21)28)10-13-32-14-11-24)19(26-27)8-6-12-33-23(29)17-7-4-5-9-20(17)34(2,30)31/h4-5,7,9H,3,6,8,10-16H2,1-2H3,(H,25,28). The van der Waals surface area contributed by atoms with Gasteiger partial charge in [0.15, 0.2) is 9.84 Å². The largest absolute Gasteiger partial charge is 0.462 e. The molecule has 1 aromatic heterocycles. The van der Waals surface area contributed by atoms with Gasteiger partial charge in [0.1, 0.15) is 5.69 Å². The Hall–Kier alpha value is -2.72. The Bertz CT molecular complexity index is 1180. The third kappa shape index (κ3) is 5.02. The molecule has 0 unspecified atom stereocenters. The van der Waals surface area contributed by atoms with E-state index in [4.69, 9.17) is 14.6 Å². The number of carbonyl (C=O) groups excluding carboxylic acids is 2. The summed E-state index contributed by atoms with van der Waals surface area (Å²) in [6, 6.07) is 6.03. The second-order valence-corrected chi connectivity index (χ2v) is 11.1. The maximum absolute atomic E-state index is 12.9. The Morgan fingerprint density at radius 3 is 2.71 bits per heavy atom. The molecule has 0 saturated carbocycles. The van der Waals surface area contributed by atoms with Crippen molar-refractivity contribution in [2.75, 3.05) is 32.6 Å². The van der Waals surface area contributed by atoms with E-state index < -0.39 is 15.8 Å². The molecule has 0 bridgehead atoms. The molecular formula is C24H31N3O6S. The van der Waals surface area contributed by atoms with Crippen LogP contribution in [0.5, 0.6) is 0 Å². The van der Waals surface area contributed by atoms with Crippen molar-refractivity contribution in [2.45, 2.75) is 50.5 Å². The molecule has 1 aromatic carbocycles. The molecule has 1 saturated heterocycles. The Kier molecular flexibility index (Phi) is 7.09. The van der Waals surface area contributed by atoms with E-state index >= 15 is 0 Å². The Labute approximate surface area is 199 Å². The summed E-state index contributed by atoms with van der Waals surface area (Å²) in [5.74, 6) is -0.762. The number of hydrogen-bond acceptors (Lipinski definition) is 7. The third-order valence-corrected chi connectivity index (χ3v) is 7.83. The summed E-state index contributed by atoms with van der Waals surface area (Å²) in [5.41, 5.74) is 2.46. The molecule has 4 rings (SSSR count). The number of sulfone groups is 1. The van der Waals surface area contributed by atoms with Crippen LogP contribution >= 0.6 is 0 Å². The zero-order valence-corrected chi connectivity index (χ0v) is 20.4. The van der Waals surface area contributed by atoms with E-state index in [-0.39, 0.29) is 28.4 Å². The number of carbonyl (C=O) groups is 2. The average Bonchev–Trinajstić information content (AvgIpc) is 3.10. The zero-order chi connectivity index (χ0) is 24.3. The third-order valence-electron chi connectivity index (χ3n) is 6.68. The fourth-order valence-electron chi connectivity index (χ4n) is 4.81. The lowest BCUT2D eigenvalue weighted by Gasteiger charge is -2.36. The number of nitrogens with one attached hydrogen (secondary N) is 1. The van der Waals surface area contributed by atoms with Crippen LogP contribution in [0.4, 0.5) is 0 Å². The van der Waals surface area contributed by atoms with E-state index in [9.17, 15) is 18.0 Å². The fourth-order valence-corrected chi connectivity index (χ4v) is 5.68. The quantitative estimate of drug-likeness (QED) is 0.468. The van der Waals surface area contributed by atoms with Gasteiger partial charge in [-0.25, -0.2) is 13.2 Å². The van der Waals surface area contributed by atoms with Crippen molar-refractivity contribution in [1.29, 1.82) is 0 Å². The van der Waals surface area contributed by atoms with Gasteiger partial charge in [-0.05, 0) is 56.6 Å². The molecule has 1 amide bonds.